The third-order valence-electron chi connectivity index (χ3n) is 11.6. The molecule has 1 saturated heterocycles. The van der Waals surface area contributed by atoms with Crippen molar-refractivity contribution in [3.8, 4) is 0 Å². The average molecular weight is 691 g/mol. The Morgan fingerprint density at radius 3 is 0.755 bits per heavy atom. The van der Waals surface area contributed by atoms with Gasteiger partial charge in [0.1, 0.15) is 0 Å². The van der Waals surface area contributed by atoms with Crippen molar-refractivity contribution in [3.05, 3.63) is 0 Å². The lowest BCUT2D eigenvalue weighted by Crippen LogP contribution is -2.52. The predicted octanol–water partition coefficient (Wildman–Crippen LogP) is 16.0. The van der Waals surface area contributed by atoms with E-state index in [1.54, 1.807) is 0 Å². The van der Waals surface area contributed by atoms with Crippen LogP contribution in [-0.2, 0) is 14.0 Å². The average Bonchev–Trinajstić information content (AvgIpc) is 3.37. The molecule has 0 amide bonds. The van der Waals surface area contributed by atoms with Crippen LogP contribution in [0.15, 0.2) is 0 Å². The molecule has 4 heteroatoms. The fourth-order valence-corrected chi connectivity index (χ4v) is 8.46. The molecule has 1 aliphatic heterocycles. The largest absolute Gasteiger partial charge is 0.640 e. The first-order valence-electron chi connectivity index (χ1n) is 23.0. The van der Waals surface area contributed by atoms with Crippen molar-refractivity contribution in [3.63, 3.8) is 0 Å². The Bertz CT molecular complexity index is 590. The third kappa shape index (κ3) is 22.6. The first-order chi connectivity index (χ1) is 24.0. The maximum atomic E-state index is 7.20. The Balaban J connectivity index is 3.08. The maximum absolute atomic E-state index is 7.20. The summed E-state index contributed by atoms with van der Waals surface area (Å²) in [5.41, 5.74) is -0.418. The molecule has 0 aromatic carbocycles. The van der Waals surface area contributed by atoms with Gasteiger partial charge in [-0.25, -0.2) is 0 Å². The summed E-state index contributed by atoms with van der Waals surface area (Å²) in [5, 5.41) is 0. The molecule has 0 saturated carbocycles. The molecule has 1 heterocycles. The molecule has 0 spiro atoms. The van der Waals surface area contributed by atoms with Gasteiger partial charge in [-0.3, -0.25) is 0 Å². The van der Waals surface area contributed by atoms with Gasteiger partial charge in [-0.05, 0) is 39.5 Å². The van der Waals surface area contributed by atoms with Crippen molar-refractivity contribution >= 4 is 7.32 Å². The summed E-state index contributed by atoms with van der Waals surface area (Å²) in [4.78, 5) is 0. The highest BCUT2D eigenvalue weighted by atomic mass is 16.8. The zero-order valence-corrected chi connectivity index (χ0v) is 34.8. The quantitative estimate of drug-likeness (QED) is 0.0477. The monoisotopic (exact) mass is 691 g/mol. The number of rotatable bonds is 38. The molecular weight excluding hydrogens is 599 g/mol. The smallest absolute Gasteiger partial charge is 0.384 e. The van der Waals surface area contributed by atoms with Crippen molar-refractivity contribution in [2.24, 2.45) is 0 Å². The van der Waals surface area contributed by atoms with Gasteiger partial charge in [-0.1, -0.05) is 233 Å². The minimum Gasteiger partial charge on any atom is -0.384 e. The van der Waals surface area contributed by atoms with Crippen LogP contribution in [0.4, 0.5) is 0 Å². The fraction of sp³-hybridized carbons (Fsp3) is 1.00. The third-order valence-corrected chi connectivity index (χ3v) is 11.6. The molecule has 49 heavy (non-hydrogen) atoms. The van der Waals surface area contributed by atoms with Crippen LogP contribution in [0.1, 0.15) is 273 Å². The van der Waals surface area contributed by atoms with Gasteiger partial charge in [0.15, 0.2) is 0 Å². The van der Waals surface area contributed by atoms with E-state index in [0.29, 0.717) is 0 Å². The lowest BCUT2D eigenvalue weighted by Gasteiger charge is -2.45. The minimum atomic E-state index is -0.508. The summed E-state index contributed by atoms with van der Waals surface area (Å²) in [6.45, 7) is 13.6. The predicted molar refractivity (Wildman–Crippen MR) is 219 cm³/mol. The molecule has 3 nitrogen and oxygen atoms in total. The summed E-state index contributed by atoms with van der Waals surface area (Å²) in [6.07, 6.45) is 48.2. The second-order valence-electron chi connectivity index (χ2n) is 16.6. The van der Waals surface area contributed by atoms with Crippen LogP contribution >= 0.6 is 0 Å². The molecular formula is C45H91BO3. The second-order valence-corrected chi connectivity index (χ2v) is 16.6. The van der Waals surface area contributed by atoms with Gasteiger partial charge in [0.25, 0.3) is 0 Å². The van der Waals surface area contributed by atoms with Gasteiger partial charge in [-0.15, -0.1) is 0 Å². The molecule has 292 valence electrons. The van der Waals surface area contributed by atoms with Crippen molar-refractivity contribution in [1.82, 2.24) is 0 Å². The molecule has 0 atom stereocenters. The lowest BCUT2D eigenvalue weighted by atomic mass is 9.70. The molecule has 0 aliphatic carbocycles. The molecule has 0 unspecified atom stereocenters. The molecule has 0 bridgehead atoms. The molecule has 0 radical (unpaired) electrons. The van der Waals surface area contributed by atoms with Crippen LogP contribution in [0.2, 0.25) is 0 Å². The molecule has 0 N–H and O–H groups in total. The van der Waals surface area contributed by atoms with Crippen LogP contribution in [-0.4, -0.2) is 24.6 Å². The van der Waals surface area contributed by atoms with E-state index < -0.39 is 7.32 Å². The van der Waals surface area contributed by atoms with E-state index in [1.807, 2.05) is 0 Å². The van der Waals surface area contributed by atoms with Crippen LogP contribution in [0.25, 0.3) is 0 Å². The Morgan fingerprint density at radius 2 is 0.551 bits per heavy atom. The van der Waals surface area contributed by atoms with E-state index >= 15 is 0 Å². The number of unbranched alkanes of at least 4 members (excludes halogenated alkanes) is 28. The zero-order chi connectivity index (χ0) is 35.7. The highest BCUT2D eigenvalue weighted by Crippen LogP contribution is 2.51. The standard InChI is InChI=1S/C45H91BO3/c1-7-11-15-19-23-27-31-35-39-44(40-36-32-28-24-20-16-12-8-2)45(49-46(48-44)47-43(5)6,41-37-33-29-25-21-17-13-9-3)42-38-34-30-26-22-18-14-10-4/h43H,7-42H2,1-6H3. The Hall–Kier alpha value is -0.0551. The Labute approximate surface area is 310 Å². The van der Waals surface area contributed by atoms with Crippen molar-refractivity contribution in [2.45, 2.75) is 290 Å². The SMILES string of the molecule is CCCCCCCCCCC1(CCCCCCCCCC)OB(OC(C)C)OC1(CCCCCCCCCC)CCCCCCCCCC. The molecule has 1 fully saturated rings. The summed E-state index contributed by atoms with van der Waals surface area (Å²) < 4.78 is 20.8. The van der Waals surface area contributed by atoms with Gasteiger partial charge in [0.05, 0.1) is 11.2 Å². The Morgan fingerprint density at radius 1 is 0.347 bits per heavy atom. The van der Waals surface area contributed by atoms with E-state index in [-0.39, 0.29) is 17.3 Å². The van der Waals surface area contributed by atoms with Crippen LogP contribution in [0.5, 0.6) is 0 Å². The summed E-state index contributed by atoms with van der Waals surface area (Å²) in [5.74, 6) is 0. The van der Waals surface area contributed by atoms with E-state index in [2.05, 4.69) is 41.5 Å². The summed E-state index contributed by atoms with van der Waals surface area (Å²) in [7, 11) is -0.508. The molecule has 1 aliphatic rings. The van der Waals surface area contributed by atoms with E-state index in [1.165, 1.54) is 205 Å². The molecule has 1 rings (SSSR count). The van der Waals surface area contributed by atoms with Gasteiger partial charge in [0.2, 0.25) is 0 Å². The first-order valence-corrected chi connectivity index (χ1v) is 23.0. The van der Waals surface area contributed by atoms with Crippen LogP contribution in [0.3, 0.4) is 0 Å². The normalized spacial score (nSPS) is 15.6. The van der Waals surface area contributed by atoms with Gasteiger partial charge in [0, 0.05) is 6.10 Å². The van der Waals surface area contributed by atoms with Gasteiger partial charge >= 0.3 is 7.32 Å². The first kappa shape index (κ1) is 47.0. The highest BCUT2D eigenvalue weighted by molar-refractivity contribution is 6.37. The Kier molecular flexibility index (Phi) is 31.2. The summed E-state index contributed by atoms with van der Waals surface area (Å²) in [6, 6.07) is 0. The molecule has 0 aromatic rings. The van der Waals surface area contributed by atoms with Crippen LogP contribution in [0, 0.1) is 0 Å². The highest BCUT2D eigenvalue weighted by Gasteiger charge is 2.61. The number of hydrogen-bond acceptors (Lipinski definition) is 3. The van der Waals surface area contributed by atoms with Crippen molar-refractivity contribution in [1.29, 1.82) is 0 Å². The lowest BCUT2D eigenvalue weighted by molar-refractivity contribution is -0.0770. The van der Waals surface area contributed by atoms with Gasteiger partial charge < -0.3 is 14.0 Å². The zero-order valence-electron chi connectivity index (χ0n) is 34.8. The van der Waals surface area contributed by atoms with Crippen LogP contribution < -0.4 is 0 Å². The van der Waals surface area contributed by atoms with Crippen molar-refractivity contribution < 1.29 is 14.0 Å². The fourth-order valence-electron chi connectivity index (χ4n) is 8.46. The van der Waals surface area contributed by atoms with E-state index in [0.717, 1.165) is 25.7 Å². The minimum absolute atomic E-state index is 0.107. The number of hydrogen-bond donors (Lipinski definition) is 0. The summed E-state index contributed by atoms with van der Waals surface area (Å²) >= 11 is 0. The maximum Gasteiger partial charge on any atom is 0.640 e. The molecule has 0 aromatic heterocycles. The second kappa shape index (κ2) is 32.6. The van der Waals surface area contributed by atoms with E-state index in [9.17, 15) is 0 Å². The van der Waals surface area contributed by atoms with Crippen molar-refractivity contribution in [2.75, 3.05) is 0 Å². The topological polar surface area (TPSA) is 27.7 Å². The van der Waals surface area contributed by atoms with Gasteiger partial charge in [-0.2, -0.15) is 0 Å². The van der Waals surface area contributed by atoms with E-state index in [4.69, 9.17) is 14.0 Å².